The van der Waals surface area contributed by atoms with Gasteiger partial charge in [-0.3, -0.25) is 10.1 Å². The molecule has 118 valence electrons. The highest BCUT2D eigenvalue weighted by molar-refractivity contribution is 7.09. The average Bonchev–Trinajstić information content (AvgIpc) is 3.16. The van der Waals surface area contributed by atoms with E-state index in [2.05, 4.69) is 20.5 Å². The van der Waals surface area contributed by atoms with E-state index in [0.717, 1.165) is 5.01 Å². The molecule has 9 heteroatoms. The third-order valence-corrected chi connectivity index (χ3v) is 3.90. The molecule has 0 atom stereocenters. The Labute approximate surface area is 140 Å². The zero-order chi connectivity index (χ0) is 16.4. The van der Waals surface area contributed by atoms with E-state index in [0.29, 0.717) is 16.5 Å². The van der Waals surface area contributed by atoms with Crippen molar-refractivity contribution in [2.75, 3.05) is 12.4 Å². The summed E-state index contributed by atoms with van der Waals surface area (Å²) in [5, 5.41) is 13.3. The van der Waals surface area contributed by atoms with Gasteiger partial charge in [-0.2, -0.15) is 0 Å². The standard InChI is InChI=1S/C14H11ClN4O3S/c1-7-16-10(6-23-7)13-18-19-14(22-13)17-12(20)9-5-8(15)3-4-11(9)21-2/h3-6H,1-2H3,(H,17,19,20). The molecule has 2 heterocycles. The molecule has 0 bridgehead atoms. The van der Waals surface area contributed by atoms with Gasteiger partial charge in [-0.15, -0.1) is 16.4 Å². The first-order valence-corrected chi connectivity index (χ1v) is 7.73. The van der Waals surface area contributed by atoms with Crippen LogP contribution in [0.15, 0.2) is 28.0 Å². The zero-order valence-corrected chi connectivity index (χ0v) is 13.7. The molecule has 7 nitrogen and oxygen atoms in total. The van der Waals surface area contributed by atoms with E-state index in [1.54, 1.807) is 17.5 Å². The molecule has 1 amide bonds. The van der Waals surface area contributed by atoms with E-state index >= 15 is 0 Å². The number of anilines is 1. The number of benzene rings is 1. The number of aromatic nitrogens is 3. The van der Waals surface area contributed by atoms with Crippen molar-refractivity contribution < 1.29 is 13.9 Å². The van der Waals surface area contributed by atoms with Crippen molar-refractivity contribution in [1.29, 1.82) is 0 Å². The highest BCUT2D eigenvalue weighted by atomic mass is 35.5. The molecular formula is C14H11ClN4O3S. The Balaban J connectivity index is 1.81. The number of aryl methyl sites for hydroxylation is 1. The Morgan fingerprint density at radius 1 is 1.39 bits per heavy atom. The minimum Gasteiger partial charge on any atom is -0.496 e. The molecule has 0 unspecified atom stereocenters. The molecule has 23 heavy (non-hydrogen) atoms. The number of thiazole rings is 1. The molecule has 2 aromatic heterocycles. The number of methoxy groups -OCH3 is 1. The van der Waals surface area contributed by atoms with Crippen molar-refractivity contribution in [2.24, 2.45) is 0 Å². The lowest BCUT2D eigenvalue weighted by Crippen LogP contribution is -2.13. The molecule has 0 fully saturated rings. The smallest absolute Gasteiger partial charge is 0.322 e. The van der Waals surface area contributed by atoms with Crippen LogP contribution in [-0.2, 0) is 0 Å². The molecule has 0 saturated heterocycles. The Bertz CT molecular complexity index is 861. The maximum Gasteiger partial charge on any atom is 0.322 e. The largest absolute Gasteiger partial charge is 0.496 e. The second-order valence-electron chi connectivity index (χ2n) is 4.46. The van der Waals surface area contributed by atoms with Crippen LogP contribution in [0.4, 0.5) is 6.01 Å². The number of nitrogens with one attached hydrogen (secondary N) is 1. The summed E-state index contributed by atoms with van der Waals surface area (Å²) in [4.78, 5) is 16.5. The predicted octanol–water partition coefficient (Wildman–Crippen LogP) is 3.42. The zero-order valence-electron chi connectivity index (χ0n) is 12.2. The maximum absolute atomic E-state index is 12.3. The fourth-order valence-corrected chi connectivity index (χ4v) is 2.62. The number of rotatable bonds is 4. The first-order chi connectivity index (χ1) is 11.1. The molecule has 0 aliphatic heterocycles. The van der Waals surface area contributed by atoms with Gasteiger partial charge >= 0.3 is 6.01 Å². The second kappa shape index (κ2) is 6.35. The fourth-order valence-electron chi connectivity index (χ4n) is 1.86. The number of ether oxygens (including phenoxy) is 1. The second-order valence-corrected chi connectivity index (χ2v) is 5.96. The van der Waals surface area contributed by atoms with Crippen molar-refractivity contribution in [1.82, 2.24) is 15.2 Å². The van der Waals surface area contributed by atoms with Crippen LogP contribution in [0, 0.1) is 6.92 Å². The van der Waals surface area contributed by atoms with Gasteiger partial charge in [0.05, 0.1) is 17.7 Å². The van der Waals surface area contributed by atoms with E-state index in [1.807, 2.05) is 6.92 Å². The molecular weight excluding hydrogens is 340 g/mol. The van der Waals surface area contributed by atoms with Gasteiger partial charge in [0.15, 0.2) is 0 Å². The number of nitrogens with zero attached hydrogens (tertiary/aromatic N) is 3. The molecule has 0 aliphatic carbocycles. The molecule has 3 aromatic rings. The van der Waals surface area contributed by atoms with Crippen LogP contribution in [0.2, 0.25) is 5.02 Å². The van der Waals surface area contributed by atoms with E-state index in [1.165, 1.54) is 24.5 Å². The van der Waals surface area contributed by atoms with E-state index < -0.39 is 5.91 Å². The Morgan fingerprint density at radius 2 is 2.22 bits per heavy atom. The fraction of sp³-hybridized carbons (Fsp3) is 0.143. The van der Waals surface area contributed by atoms with Gasteiger partial charge in [0, 0.05) is 10.4 Å². The van der Waals surface area contributed by atoms with Crippen LogP contribution in [0.5, 0.6) is 5.75 Å². The molecule has 0 spiro atoms. The van der Waals surface area contributed by atoms with Crippen LogP contribution >= 0.6 is 22.9 Å². The number of carbonyl (C=O) groups is 1. The Morgan fingerprint density at radius 3 is 2.91 bits per heavy atom. The van der Waals surface area contributed by atoms with Crippen LogP contribution < -0.4 is 10.1 Å². The monoisotopic (exact) mass is 350 g/mol. The molecule has 0 saturated carbocycles. The minimum absolute atomic E-state index is 0.0299. The molecule has 0 radical (unpaired) electrons. The molecule has 1 aromatic carbocycles. The quantitative estimate of drug-likeness (QED) is 0.775. The summed E-state index contributed by atoms with van der Waals surface area (Å²) in [5.74, 6) is 0.165. The van der Waals surface area contributed by atoms with Gasteiger partial charge in [-0.1, -0.05) is 16.7 Å². The normalized spacial score (nSPS) is 10.6. The first-order valence-electron chi connectivity index (χ1n) is 6.47. The third kappa shape index (κ3) is 3.33. The summed E-state index contributed by atoms with van der Waals surface area (Å²) >= 11 is 7.38. The molecule has 3 rings (SSSR count). The molecule has 1 N–H and O–H groups in total. The lowest BCUT2D eigenvalue weighted by atomic mass is 10.2. The van der Waals surface area contributed by atoms with E-state index in [9.17, 15) is 4.79 Å². The summed E-state index contributed by atoms with van der Waals surface area (Å²) in [6.45, 7) is 1.87. The van der Waals surface area contributed by atoms with Crippen LogP contribution in [0.1, 0.15) is 15.4 Å². The van der Waals surface area contributed by atoms with Gasteiger partial charge in [-0.25, -0.2) is 4.98 Å². The highest BCUT2D eigenvalue weighted by Crippen LogP contribution is 2.25. The van der Waals surface area contributed by atoms with Crippen molar-refractivity contribution in [3.8, 4) is 17.3 Å². The summed E-state index contributed by atoms with van der Waals surface area (Å²) in [5.41, 5.74) is 0.838. The maximum atomic E-state index is 12.3. The van der Waals surface area contributed by atoms with Gasteiger partial charge in [0.25, 0.3) is 11.8 Å². The summed E-state index contributed by atoms with van der Waals surface area (Å²) in [6.07, 6.45) is 0. The third-order valence-electron chi connectivity index (χ3n) is 2.89. The highest BCUT2D eigenvalue weighted by Gasteiger charge is 2.17. The van der Waals surface area contributed by atoms with Crippen LogP contribution in [-0.4, -0.2) is 28.2 Å². The SMILES string of the molecule is COc1ccc(Cl)cc1C(=O)Nc1nnc(-c2csc(C)n2)o1. The van der Waals surface area contributed by atoms with Gasteiger partial charge in [-0.05, 0) is 25.1 Å². The van der Waals surface area contributed by atoms with Gasteiger partial charge in [0.1, 0.15) is 11.4 Å². The van der Waals surface area contributed by atoms with Crippen molar-refractivity contribution in [2.45, 2.75) is 6.92 Å². The number of hydrogen-bond acceptors (Lipinski definition) is 7. The minimum atomic E-state index is -0.464. The topological polar surface area (TPSA) is 90.1 Å². The first kappa shape index (κ1) is 15.4. The number of halogens is 1. The Kier molecular flexibility index (Phi) is 4.26. The predicted molar refractivity (Wildman–Crippen MR) is 86.1 cm³/mol. The lowest BCUT2D eigenvalue weighted by Gasteiger charge is -2.07. The number of hydrogen-bond donors (Lipinski definition) is 1. The average molecular weight is 351 g/mol. The molecule has 0 aliphatic rings. The van der Waals surface area contributed by atoms with Gasteiger partial charge in [0.2, 0.25) is 0 Å². The lowest BCUT2D eigenvalue weighted by molar-refractivity contribution is 0.102. The summed E-state index contributed by atoms with van der Waals surface area (Å²) in [6, 6.07) is 4.70. The van der Waals surface area contributed by atoms with Crippen LogP contribution in [0.25, 0.3) is 11.6 Å². The van der Waals surface area contributed by atoms with Crippen molar-refractivity contribution in [3.63, 3.8) is 0 Å². The Hall–Kier alpha value is -2.45. The van der Waals surface area contributed by atoms with Crippen molar-refractivity contribution in [3.05, 3.63) is 39.2 Å². The number of carbonyl (C=O) groups excluding carboxylic acids is 1. The van der Waals surface area contributed by atoms with E-state index in [4.69, 9.17) is 20.8 Å². The number of amides is 1. The van der Waals surface area contributed by atoms with E-state index in [-0.39, 0.29) is 17.5 Å². The van der Waals surface area contributed by atoms with Crippen LogP contribution in [0.3, 0.4) is 0 Å². The van der Waals surface area contributed by atoms with Crippen molar-refractivity contribution >= 4 is 34.9 Å². The summed E-state index contributed by atoms with van der Waals surface area (Å²) < 4.78 is 10.5. The van der Waals surface area contributed by atoms with Gasteiger partial charge < -0.3 is 9.15 Å². The summed E-state index contributed by atoms with van der Waals surface area (Å²) in [7, 11) is 1.47.